The molecule has 1 aromatic heterocycles. The SMILES string of the molecule is COC(=O)C1=C(C2CCN(S(=O)(=O)CCOCCO)CC2)NC(c2nccs2)=N[C@@H]1c1ccc(F)cc1Cl. The number of halogens is 2. The quantitative estimate of drug-likeness (QED) is 0.321. The van der Waals surface area contributed by atoms with Gasteiger partial charge in [0, 0.05) is 46.9 Å². The van der Waals surface area contributed by atoms with Gasteiger partial charge >= 0.3 is 5.97 Å². The molecule has 1 atom stereocenters. The molecule has 1 aromatic carbocycles. The van der Waals surface area contributed by atoms with Crippen LogP contribution in [0.5, 0.6) is 0 Å². The minimum Gasteiger partial charge on any atom is -0.466 e. The molecule has 2 aliphatic heterocycles. The van der Waals surface area contributed by atoms with Crippen molar-refractivity contribution in [3.8, 4) is 0 Å². The van der Waals surface area contributed by atoms with Crippen LogP contribution in [0.15, 0.2) is 46.0 Å². The van der Waals surface area contributed by atoms with Gasteiger partial charge in [-0.1, -0.05) is 17.7 Å². The topological polar surface area (TPSA) is 130 Å². The first-order chi connectivity index (χ1) is 18.2. The van der Waals surface area contributed by atoms with Crippen LogP contribution in [0.25, 0.3) is 0 Å². The number of aromatic nitrogens is 1. The lowest BCUT2D eigenvalue weighted by atomic mass is 9.86. The summed E-state index contributed by atoms with van der Waals surface area (Å²) in [7, 11) is -2.28. The third-order valence-electron chi connectivity index (χ3n) is 6.35. The van der Waals surface area contributed by atoms with Gasteiger partial charge in [0.1, 0.15) is 11.9 Å². The first kappa shape index (κ1) is 28.6. The van der Waals surface area contributed by atoms with Gasteiger partial charge in [-0.15, -0.1) is 11.3 Å². The summed E-state index contributed by atoms with van der Waals surface area (Å²) in [6.45, 7) is 0.398. The van der Waals surface area contributed by atoms with Crippen molar-refractivity contribution in [3.63, 3.8) is 0 Å². The number of nitrogens with one attached hydrogen (secondary N) is 1. The van der Waals surface area contributed by atoms with Crippen LogP contribution in [0.1, 0.15) is 29.5 Å². The monoisotopic (exact) mass is 586 g/mol. The highest BCUT2D eigenvalue weighted by Crippen LogP contribution is 2.40. The molecule has 3 heterocycles. The summed E-state index contributed by atoms with van der Waals surface area (Å²) in [5.41, 5.74) is 1.23. The van der Waals surface area contributed by atoms with Crippen LogP contribution in [-0.4, -0.2) is 80.4 Å². The largest absolute Gasteiger partial charge is 0.466 e. The number of allylic oxidation sites excluding steroid dienone is 1. The van der Waals surface area contributed by atoms with Crippen molar-refractivity contribution >= 4 is 44.8 Å². The molecule has 0 saturated carbocycles. The second-order valence-corrected chi connectivity index (χ2v) is 12.0. The molecule has 10 nitrogen and oxygen atoms in total. The van der Waals surface area contributed by atoms with E-state index in [0.29, 0.717) is 34.9 Å². The summed E-state index contributed by atoms with van der Waals surface area (Å²) in [5.74, 6) is -1.10. The zero-order valence-electron chi connectivity index (χ0n) is 20.6. The van der Waals surface area contributed by atoms with Crippen LogP contribution in [0.4, 0.5) is 4.39 Å². The first-order valence-electron chi connectivity index (χ1n) is 11.9. The van der Waals surface area contributed by atoms with E-state index in [1.165, 1.54) is 41.0 Å². The number of sulfonamides is 1. The van der Waals surface area contributed by atoms with E-state index in [2.05, 4.69) is 10.3 Å². The number of aliphatic imine (C=N–C) groups is 1. The molecule has 1 saturated heterocycles. The van der Waals surface area contributed by atoms with Crippen molar-refractivity contribution < 1.29 is 32.2 Å². The lowest BCUT2D eigenvalue weighted by Gasteiger charge is -2.36. The molecule has 38 heavy (non-hydrogen) atoms. The minimum absolute atomic E-state index is 0.00420. The highest BCUT2D eigenvalue weighted by Gasteiger charge is 2.38. The fraction of sp³-hybridized carbons (Fsp3) is 0.458. The fourth-order valence-electron chi connectivity index (χ4n) is 4.50. The summed E-state index contributed by atoms with van der Waals surface area (Å²) < 4.78 is 51.0. The predicted octanol–water partition coefficient (Wildman–Crippen LogP) is 2.50. The molecule has 0 spiro atoms. The molecule has 0 aliphatic carbocycles. The smallest absolute Gasteiger partial charge is 0.338 e. The molecular formula is C24H28ClFN4O6S2. The van der Waals surface area contributed by atoms with E-state index < -0.39 is 27.9 Å². The van der Waals surface area contributed by atoms with E-state index in [9.17, 15) is 17.6 Å². The number of methoxy groups -OCH3 is 1. The van der Waals surface area contributed by atoms with E-state index in [-0.39, 0.29) is 55.2 Å². The molecule has 2 aliphatic rings. The highest BCUT2D eigenvalue weighted by atomic mass is 35.5. The molecule has 1 fully saturated rings. The molecule has 0 bridgehead atoms. The van der Waals surface area contributed by atoms with Gasteiger partial charge < -0.3 is 19.9 Å². The maximum Gasteiger partial charge on any atom is 0.338 e. The molecule has 4 rings (SSSR count). The van der Waals surface area contributed by atoms with E-state index >= 15 is 0 Å². The average Bonchev–Trinajstić information content (AvgIpc) is 3.45. The number of ether oxygens (including phenoxy) is 2. The number of carbonyl (C=O) groups excluding carboxylic acids is 1. The highest BCUT2D eigenvalue weighted by molar-refractivity contribution is 7.89. The average molecular weight is 587 g/mol. The van der Waals surface area contributed by atoms with Crippen LogP contribution >= 0.6 is 22.9 Å². The van der Waals surface area contributed by atoms with Gasteiger partial charge in [-0.2, -0.15) is 0 Å². The number of nitrogens with zero attached hydrogens (tertiary/aromatic N) is 3. The summed E-state index contributed by atoms with van der Waals surface area (Å²) in [6, 6.07) is 3.03. The molecule has 2 N–H and O–H groups in total. The van der Waals surface area contributed by atoms with Crippen LogP contribution in [0, 0.1) is 11.7 Å². The Labute approximate surface area is 229 Å². The number of amidine groups is 1. The Bertz CT molecular complexity index is 1310. The van der Waals surface area contributed by atoms with Gasteiger partial charge in [0.25, 0.3) is 0 Å². The van der Waals surface area contributed by atoms with Crippen molar-refractivity contribution in [2.45, 2.75) is 18.9 Å². The predicted molar refractivity (Wildman–Crippen MR) is 141 cm³/mol. The van der Waals surface area contributed by atoms with E-state index in [0.717, 1.165) is 0 Å². The molecule has 2 aromatic rings. The lowest BCUT2D eigenvalue weighted by molar-refractivity contribution is -0.136. The third kappa shape index (κ3) is 6.41. The summed E-state index contributed by atoms with van der Waals surface area (Å²) >= 11 is 7.76. The number of carbonyl (C=O) groups is 1. The number of hydrogen-bond acceptors (Lipinski definition) is 10. The molecule has 0 radical (unpaired) electrons. The van der Waals surface area contributed by atoms with Gasteiger partial charge in [-0.25, -0.2) is 26.9 Å². The number of hydrogen-bond donors (Lipinski definition) is 2. The van der Waals surface area contributed by atoms with Gasteiger partial charge in [0.05, 0.1) is 38.3 Å². The number of rotatable bonds is 10. The second-order valence-electron chi connectivity index (χ2n) is 8.65. The van der Waals surface area contributed by atoms with Gasteiger partial charge in [0.15, 0.2) is 10.8 Å². The van der Waals surface area contributed by atoms with E-state index in [1.807, 2.05) is 0 Å². The lowest BCUT2D eigenvalue weighted by Crippen LogP contribution is -2.44. The van der Waals surface area contributed by atoms with Crippen LogP contribution in [0.2, 0.25) is 5.02 Å². The summed E-state index contributed by atoms with van der Waals surface area (Å²) in [5, 5.41) is 14.6. The van der Waals surface area contributed by atoms with Gasteiger partial charge in [0.2, 0.25) is 10.0 Å². The zero-order chi connectivity index (χ0) is 27.3. The van der Waals surface area contributed by atoms with Crippen molar-refractivity contribution in [1.82, 2.24) is 14.6 Å². The number of esters is 1. The maximum atomic E-state index is 13.8. The Morgan fingerprint density at radius 3 is 2.71 bits per heavy atom. The van der Waals surface area contributed by atoms with Gasteiger partial charge in [-0.05, 0) is 25.0 Å². The molecule has 0 unspecified atom stereocenters. The van der Waals surface area contributed by atoms with Crippen molar-refractivity contribution in [3.05, 3.63) is 62.5 Å². The van der Waals surface area contributed by atoms with Gasteiger partial charge in [-0.3, -0.25) is 4.99 Å². The van der Waals surface area contributed by atoms with Crippen LogP contribution in [0.3, 0.4) is 0 Å². The van der Waals surface area contributed by atoms with Crippen molar-refractivity contribution in [1.29, 1.82) is 0 Å². The molecule has 206 valence electrons. The normalized spacial score (nSPS) is 19.3. The Kier molecular flexibility index (Phi) is 9.50. The Balaban J connectivity index is 1.65. The maximum absolute atomic E-state index is 13.8. The molecular weight excluding hydrogens is 559 g/mol. The Hall–Kier alpha value is -2.42. The number of aliphatic hydroxyl groups excluding tert-OH is 1. The van der Waals surface area contributed by atoms with Crippen LogP contribution < -0.4 is 5.32 Å². The number of piperidine rings is 1. The third-order valence-corrected chi connectivity index (χ3v) is 9.29. The number of benzene rings is 1. The Morgan fingerprint density at radius 1 is 1.32 bits per heavy atom. The zero-order valence-corrected chi connectivity index (χ0v) is 23.0. The summed E-state index contributed by atoms with van der Waals surface area (Å²) in [4.78, 5) is 22.2. The molecule has 0 amide bonds. The minimum atomic E-state index is -3.55. The van der Waals surface area contributed by atoms with E-state index in [1.54, 1.807) is 11.6 Å². The van der Waals surface area contributed by atoms with Crippen LogP contribution in [-0.2, 0) is 24.3 Å². The van der Waals surface area contributed by atoms with E-state index in [4.69, 9.17) is 31.2 Å². The Morgan fingerprint density at radius 2 is 2.08 bits per heavy atom. The number of aliphatic hydroxyl groups is 1. The van der Waals surface area contributed by atoms with Crippen molar-refractivity contribution in [2.24, 2.45) is 10.9 Å². The molecule has 14 heteroatoms. The van der Waals surface area contributed by atoms with Crippen molar-refractivity contribution in [2.75, 3.05) is 45.8 Å². The number of thiazole rings is 1. The summed E-state index contributed by atoms with van der Waals surface area (Å²) in [6.07, 6.45) is 2.51. The fourth-order valence-corrected chi connectivity index (χ4v) is 6.71. The second kappa shape index (κ2) is 12.6. The first-order valence-corrected chi connectivity index (χ1v) is 14.8. The standard InChI is InChI=1S/C24H28ClFN4O6S2/c1-35-24(32)19-20(15-4-7-30(8-5-15)38(33,34)13-11-36-10-9-31)28-22(23-27-6-12-37-23)29-21(19)17-3-2-16(26)14-18(17)25/h2-3,6,12,14-15,21,31H,4-5,7-11,13H2,1H3,(H,28,29)/t21-/m1/s1.